The summed E-state index contributed by atoms with van der Waals surface area (Å²) in [7, 11) is 1.67. The van der Waals surface area contributed by atoms with Crippen LogP contribution in [-0.4, -0.2) is 25.4 Å². The maximum Gasteiger partial charge on any atom is 0.119 e. The summed E-state index contributed by atoms with van der Waals surface area (Å²) < 4.78 is 12.2. The number of hydrogen-bond donors (Lipinski definition) is 2. The lowest BCUT2D eigenvalue weighted by Gasteiger charge is -2.36. The highest BCUT2D eigenvalue weighted by Gasteiger charge is 2.33. The van der Waals surface area contributed by atoms with Gasteiger partial charge in [0.2, 0.25) is 0 Å². The summed E-state index contributed by atoms with van der Waals surface area (Å²) in [5, 5.41) is 0. The van der Waals surface area contributed by atoms with Gasteiger partial charge in [0.15, 0.2) is 0 Å². The molecule has 20 heavy (non-hydrogen) atoms. The second kappa shape index (κ2) is 7.98. The number of rotatable bonds is 8. The van der Waals surface area contributed by atoms with Gasteiger partial charge in [0, 0.05) is 11.1 Å². The maximum absolute atomic E-state index is 5.91. The lowest BCUT2D eigenvalue weighted by molar-refractivity contribution is -0.0551. The van der Waals surface area contributed by atoms with Crippen molar-refractivity contribution in [1.29, 1.82) is 0 Å². The van der Waals surface area contributed by atoms with Gasteiger partial charge in [-0.1, -0.05) is 22.9 Å². The lowest BCUT2D eigenvalue weighted by atomic mass is 9.88. The molecule has 1 aromatic rings. The van der Waals surface area contributed by atoms with E-state index < -0.39 is 0 Å². The summed E-state index contributed by atoms with van der Waals surface area (Å²) >= 11 is 3.58. The van der Waals surface area contributed by atoms with Crippen molar-refractivity contribution in [2.24, 2.45) is 5.84 Å². The van der Waals surface area contributed by atoms with E-state index in [0.717, 1.165) is 28.6 Å². The molecule has 0 spiro atoms. The first-order chi connectivity index (χ1) is 9.50. The van der Waals surface area contributed by atoms with Crippen LogP contribution in [0.2, 0.25) is 0 Å². The first-order valence-electron chi connectivity index (χ1n) is 6.93. The molecule has 4 nitrogen and oxygen atoms in total. The zero-order valence-electron chi connectivity index (χ0n) is 12.7. The molecular formula is C15H25BrN2O2. The number of benzene rings is 1. The van der Waals surface area contributed by atoms with Crippen molar-refractivity contribution < 1.29 is 9.47 Å². The molecule has 0 radical (unpaired) electrons. The van der Waals surface area contributed by atoms with E-state index in [2.05, 4.69) is 35.2 Å². The Labute approximate surface area is 130 Å². The van der Waals surface area contributed by atoms with Gasteiger partial charge in [-0.2, -0.15) is 0 Å². The normalized spacial score (nSPS) is 15.7. The third-order valence-electron chi connectivity index (χ3n) is 3.79. The molecule has 3 N–H and O–H groups in total. The summed E-state index contributed by atoms with van der Waals surface area (Å²) in [5.41, 5.74) is 3.75. The molecule has 0 aliphatic heterocycles. The second-order valence-electron chi connectivity index (χ2n) is 4.98. The van der Waals surface area contributed by atoms with Gasteiger partial charge in [0.05, 0.1) is 18.8 Å². The molecule has 2 unspecified atom stereocenters. The van der Waals surface area contributed by atoms with Crippen LogP contribution >= 0.6 is 15.9 Å². The Hall–Kier alpha value is -0.620. The van der Waals surface area contributed by atoms with Crippen LogP contribution in [0.1, 0.15) is 32.8 Å². The van der Waals surface area contributed by atoms with Gasteiger partial charge < -0.3 is 9.47 Å². The van der Waals surface area contributed by atoms with E-state index in [1.54, 1.807) is 7.11 Å². The Morgan fingerprint density at radius 3 is 2.60 bits per heavy atom. The quantitative estimate of drug-likeness (QED) is 0.562. The Morgan fingerprint density at radius 2 is 2.10 bits per heavy atom. The molecule has 2 atom stereocenters. The van der Waals surface area contributed by atoms with E-state index in [1.807, 2.05) is 25.1 Å². The molecule has 0 saturated heterocycles. The molecule has 0 amide bonds. The zero-order chi connectivity index (χ0) is 15.2. The highest BCUT2D eigenvalue weighted by Crippen LogP contribution is 2.28. The van der Waals surface area contributed by atoms with Crippen molar-refractivity contribution in [2.75, 3.05) is 13.7 Å². The predicted octanol–water partition coefficient (Wildman–Crippen LogP) is 3.04. The fraction of sp³-hybridized carbons (Fsp3) is 0.600. The first kappa shape index (κ1) is 17.4. The molecule has 0 bridgehead atoms. The van der Waals surface area contributed by atoms with E-state index in [-0.39, 0.29) is 11.6 Å². The molecule has 0 aromatic heterocycles. The summed E-state index contributed by atoms with van der Waals surface area (Å²) in [4.78, 5) is 0. The number of halogens is 1. The van der Waals surface area contributed by atoms with Gasteiger partial charge in [-0.25, -0.2) is 0 Å². The van der Waals surface area contributed by atoms with Gasteiger partial charge in [-0.05, 0) is 50.5 Å². The van der Waals surface area contributed by atoms with Crippen LogP contribution in [-0.2, 0) is 11.2 Å². The summed E-state index contributed by atoms with van der Waals surface area (Å²) in [6.45, 7) is 6.88. The summed E-state index contributed by atoms with van der Waals surface area (Å²) in [5.74, 6) is 6.60. The Balaban J connectivity index is 2.98. The van der Waals surface area contributed by atoms with Crippen molar-refractivity contribution in [3.05, 3.63) is 28.2 Å². The SMILES string of the molecule is CCOC(C)(CC)C(Cc1cc(OC)ccc1Br)NN. The monoisotopic (exact) mass is 344 g/mol. The third kappa shape index (κ3) is 4.19. The largest absolute Gasteiger partial charge is 0.497 e. The van der Waals surface area contributed by atoms with Crippen LogP contribution in [0.5, 0.6) is 5.75 Å². The smallest absolute Gasteiger partial charge is 0.119 e. The van der Waals surface area contributed by atoms with E-state index >= 15 is 0 Å². The number of nitrogens with one attached hydrogen (secondary N) is 1. The van der Waals surface area contributed by atoms with Crippen molar-refractivity contribution >= 4 is 15.9 Å². The summed E-state index contributed by atoms with van der Waals surface area (Å²) in [6, 6.07) is 5.97. The van der Waals surface area contributed by atoms with Gasteiger partial charge in [0.1, 0.15) is 5.75 Å². The van der Waals surface area contributed by atoms with E-state index in [0.29, 0.717) is 6.61 Å². The molecular weight excluding hydrogens is 320 g/mol. The van der Waals surface area contributed by atoms with E-state index in [4.69, 9.17) is 15.3 Å². The van der Waals surface area contributed by atoms with Crippen LogP contribution in [0.3, 0.4) is 0 Å². The standard InChI is InChI=1S/C15H25BrN2O2/c1-5-15(3,20-6-2)14(18-17)10-11-9-12(19-4)7-8-13(11)16/h7-9,14,18H,5-6,10,17H2,1-4H3. The van der Waals surface area contributed by atoms with Gasteiger partial charge in [-0.15, -0.1) is 0 Å². The molecule has 114 valence electrons. The molecule has 1 rings (SSSR count). The third-order valence-corrected chi connectivity index (χ3v) is 4.56. The molecule has 5 heteroatoms. The van der Waals surface area contributed by atoms with Gasteiger partial charge in [-0.3, -0.25) is 11.3 Å². The average Bonchev–Trinajstić information content (AvgIpc) is 2.46. The molecule has 1 aromatic carbocycles. The van der Waals surface area contributed by atoms with Crippen LogP contribution in [0.4, 0.5) is 0 Å². The number of nitrogens with two attached hydrogens (primary N) is 1. The number of hydrogen-bond acceptors (Lipinski definition) is 4. The Morgan fingerprint density at radius 1 is 1.40 bits per heavy atom. The topological polar surface area (TPSA) is 56.5 Å². The highest BCUT2D eigenvalue weighted by molar-refractivity contribution is 9.10. The van der Waals surface area contributed by atoms with Gasteiger partial charge in [0.25, 0.3) is 0 Å². The maximum atomic E-state index is 5.91. The molecule has 0 fully saturated rings. The fourth-order valence-corrected chi connectivity index (χ4v) is 2.69. The summed E-state index contributed by atoms with van der Waals surface area (Å²) in [6.07, 6.45) is 1.65. The second-order valence-corrected chi connectivity index (χ2v) is 5.83. The van der Waals surface area contributed by atoms with E-state index in [1.165, 1.54) is 0 Å². The fourth-order valence-electron chi connectivity index (χ4n) is 2.28. The minimum absolute atomic E-state index is 0.0239. The van der Waals surface area contributed by atoms with Crippen LogP contribution in [0, 0.1) is 0 Å². The number of ether oxygens (including phenoxy) is 2. The molecule has 0 aliphatic carbocycles. The minimum atomic E-state index is -0.300. The van der Waals surface area contributed by atoms with Crippen molar-refractivity contribution in [1.82, 2.24) is 5.43 Å². The minimum Gasteiger partial charge on any atom is -0.497 e. The molecule has 0 heterocycles. The molecule has 0 aliphatic rings. The predicted molar refractivity (Wildman–Crippen MR) is 85.8 cm³/mol. The van der Waals surface area contributed by atoms with Gasteiger partial charge >= 0.3 is 0 Å². The Bertz CT molecular complexity index is 428. The van der Waals surface area contributed by atoms with Crippen molar-refractivity contribution in [3.63, 3.8) is 0 Å². The highest BCUT2D eigenvalue weighted by atomic mass is 79.9. The zero-order valence-corrected chi connectivity index (χ0v) is 14.3. The van der Waals surface area contributed by atoms with Crippen LogP contribution in [0.25, 0.3) is 0 Å². The van der Waals surface area contributed by atoms with Crippen molar-refractivity contribution in [2.45, 2.75) is 45.3 Å². The average molecular weight is 345 g/mol. The first-order valence-corrected chi connectivity index (χ1v) is 7.72. The van der Waals surface area contributed by atoms with Crippen LogP contribution < -0.4 is 16.0 Å². The lowest BCUT2D eigenvalue weighted by Crippen LogP contribution is -2.54. The van der Waals surface area contributed by atoms with Crippen LogP contribution in [0.15, 0.2) is 22.7 Å². The Kier molecular flexibility index (Phi) is 6.95. The van der Waals surface area contributed by atoms with Crippen molar-refractivity contribution in [3.8, 4) is 5.75 Å². The van der Waals surface area contributed by atoms with E-state index in [9.17, 15) is 0 Å². The number of methoxy groups -OCH3 is 1. The number of hydrazine groups is 1. The molecule has 0 saturated carbocycles.